The predicted octanol–water partition coefficient (Wildman–Crippen LogP) is 2.76. The summed E-state index contributed by atoms with van der Waals surface area (Å²) < 4.78 is 31.7. The minimum Gasteiger partial charge on any atom is -0.475 e. The maximum atomic E-state index is 12.8. The van der Waals surface area contributed by atoms with Gasteiger partial charge in [0.25, 0.3) is 0 Å². The topological polar surface area (TPSA) is 74.7 Å². The van der Waals surface area contributed by atoms with E-state index in [1.54, 1.807) is 6.08 Å². The molecule has 144 valence electrons. The summed E-state index contributed by atoms with van der Waals surface area (Å²) in [5.41, 5.74) is 0.921. The Morgan fingerprint density at radius 2 is 1.92 bits per heavy atom. The number of fused-ring (bicyclic) bond motifs is 1. The third kappa shape index (κ3) is 4.60. The molecule has 1 fully saturated rings. The molecule has 0 unspecified atom stereocenters. The minimum atomic E-state index is -5.08. The average Bonchev–Trinajstić information content (AvgIpc) is 3.02. The highest BCUT2D eigenvalue weighted by atomic mass is 19.4. The van der Waals surface area contributed by atoms with Gasteiger partial charge in [-0.3, -0.25) is 14.5 Å². The molecular weight excluding hydrogens is 351 g/mol. The first-order valence-electron chi connectivity index (χ1n) is 8.61. The van der Waals surface area contributed by atoms with E-state index in [0.717, 1.165) is 37.9 Å². The highest BCUT2D eigenvalue weighted by molar-refractivity contribution is 6.14. The van der Waals surface area contributed by atoms with E-state index in [1.807, 2.05) is 13.0 Å². The van der Waals surface area contributed by atoms with Crippen molar-refractivity contribution in [2.75, 3.05) is 13.1 Å². The molecule has 0 radical (unpaired) electrons. The molecule has 0 spiro atoms. The van der Waals surface area contributed by atoms with Crippen molar-refractivity contribution in [1.29, 1.82) is 0 Å². The van der Waals surface area contributed by atoms with Crippen LogP contribution in [0, 0.1) is 11.8 Å². The number of Topliss-reactive ketones (excluding diaryl/α,β-unsaturated/α-hetero) is 1. The number of allylic oxidation sites excluding steroid dienone is 2. The fourth-order valence-electron chi connectivity index (χ4n) is 3.72. The molecule has 3 atom stereocenters. The molecule has 2 heterocycles. The Balaban J connectivity index is 0.000000298. The van der Waals surface area contributed by atoms with Gasteiger partial charge in [-0.15, -0.1) is 0 Å². The van der Waals surface area contributed by atoms with Crippen LogP contribution in [0.15, 0.2) is 23.8 Å². The van der Waals surface area contributed by atoms with Crippen LogP contribution in [0.25, 0.3) is 0 Å². The number of carbonyl (C=O) groups excluding carboxylic acids is 2. The second-order valence-corrected chi connectivity index (χ2v) is 6.80. The Morgan fingerprint density at radius 3 is 2.50 bits per heavy atom. The van der Waals surface area contributed by atoms with Crippen LogP contribution in [0.4, 0.5) is 13.2 Å². The van der Waals surface area contributed by atoms with Gasteiger partial charge in [0, 0.05) is 18.2 Å². The van der Waals surface area contributed by atoms with Crippen LogP contribution in [0.2, 0.25) is 0 Å². The Hall–Kier alpha value is -1.96. The van der Waals surface area contributed by atoms with Gasteiger partial charge in [-0.05, 0) is 44.2 Å². The first-order chi connectivity index (χ1) is 12.1. The van der Waals surface area contributed by atoms with Gasteiger partial charge in [-0.2, -0.15) is 13.2 Å². The van der Waals surface area contributed by atoms with Gasteiger partial charge in [-0.25, -0.2) is 4.79 Å². The Morgan fingerprint density at radius 1 is 1.27 bits per heavy atom. The van der Waals surface area contributed by atoms with Crippen LogP contribution in [0.3, 0.4) is 0 Å². The second-order valence-electron chi connectivity index (χ2n) is 6.80. The molecule has 1 N–H and O–H groups in total. The number of rotatable bonds is 2. The fourth-order valence-corrected chi connectivity index (χ4v) is 3.72. The summed E-state index contributed by atoms with van der Waals surface area (Å²) in [6, 6.07) is 0.284. The number of carboxylic acids is 1. The molecule has 0 bridgehead atoms. The summed E-state index contributed by atoms with van der Waals surface area (Å²) in [5, 5.41) is 7.12. The van der Waals surface area contributed by atoms with Gasteiger partial charge >= 0.3 is 12.1 Å². The molecule has 3 aliphatic rings. The maximum absolute atomic E-state index is 12.8. The van der Waals surface area contributed by atoms with Gasteiger partial charge in [0.2, 0.25) is 0 Å². The maximum Gasteiger partial charge on any atom is 0.490 e. The summed E-state index contributed by atoms with van der Waals surface area (Å²) in [4.78, 5) is 36.1. The van der Waals surface area contributed by atoms with Crippen LogP contribution in [-0.4, -0.2) is 52.8 Å². The van der Waals surface area contributed by atoms with Gasteiger partial charge in [0.05, 0.1) is 5.92 Å². The molecule has 0 aromatic heterocycles. The Kier molecular flexibility index (Phi) is 6.39. The van der Waals surface area contributed by atoms with Crippen molar-refractivity contribution in [3.63, 3.8) is 0 Å². The van der Waals surface area contributed by atoms with Crippen molar-refractivity contribution >= 4 is 17.5 Å². The number of alkyl halides is 3. The van der Waals surface area contributed by atoms with Crippen LogP contribution in [0.5, 0.6) is 0 Å². The van der Waals surface area contributed by atoms with Gasteiger partial charge in [0.1, 0.15) is 0 Å². The van der Waals surface area contributed by atoms with Crippen molar-refractivity contribution in [3.05, 3.63) is 23.8 Å². The molecule has 0 amide bonds. The zero-order chi connectivity index (χ0) is 19.5. The van der Waals surface area contributed by atoms with E-state index in [-0.39, 0.29) is 23.5 Å². The minimum absolute atomic E-state index is 0.000213. The number of nitrogens with zero attached hydrogens (tertiary/aromatic N) is 1. The highest BCUT2D eigenvalue weighted by Gasteiger charge is 2.40. The highest BCUT2D eigenvalue weighted by Crippen LogP contribution is 2.33. The summed E-state index contributed by atoms with van der Waals surface area (Å²) in [7, 11) is 0. The standard InChI is InChI=1S/C16H21NO2.C2HF3O2/c1-11-5-2-8-14(18)15(11)16(19)12-6-3-9-17-10-4-7-13(12)17;3-2(4,5)1(6)7/h2,6,8,11,13,15H,3-5,7,9-10H2,1H3;(H,6,7)/t11-,13-,15+;/m0./s1. The number of carboxylic acid groups (broad SMARTS) is 1. The smallest absolute Gasteiger partial charge is 0.475 e. The molecule has 1 saturated heterocycles. The van der Waals surface area contributed by atoms with E-state index in [2.05, 4.69) is 11.0 Å². The quantitative estimate of drug-likeness (QED) is 0.754. The van der Waals surface area contributed by atoms with Crippen molar-refractivity contribution in [3.8, 4) is 0 Å². The number of aliphatic carboxylic acids is 1. The number of hydrogen-bond acceptors (Lipinski definition) is 4. The zero-order valence-corrected chi connectivity index (χ0v) is 14.5. The summed E-state index contributed by atoms with van der Waals surface area (Å²) in [6.07, 6.45) is 4.53. The normalized spacial score (nSPS) is 28.7. The lowest BCUT2D eigenvalue weighted by molar-refractivity contribution is -0.192. The van der Waals surface area contributed by atoms with E-state index < -0.39 is 18.1 Å². The molecular formula is C18H22F3NO4. The Bertz CT molecular complexity index is 639. The van der Waals surface area contributed by atoms with Crippen molar-refractivity contribution in [2.45, 2.75) is 44.8 Å². The molecule has 1 aliphatic carbocycles. The summed E-state index contributed by atoms with van der Waals surface area (Å²) in [5.74, 6) is -2.95. The molecule has 0 saturated carbocycles. The SMILES string of the molecule is C[C@H]1CC=CC(=O)[C@@H]1C(=O)C1=CCCN2CCC[C@@H]12.O=C(O)C(F)(F)F. The third-order valence-corrected chi connectivity index (χ3v) is 4.98. The molecule has 5 nitrogen and oxygen atoms in total. The van der Waals surface area contributed by atoms with Crippen molar-refractivity contribution in [1.82, 2.24) is 4.90 Å². The van der Waals surface area contributed by atoms with E-state index in [9.17, 15) is 22.8 Å². The van der Waals surface area contributed by atoms with Gasteiger partial charge in [0.15, 0.2) is 11.6 Å². The second kappa shape index (κ2) is 8.16. The Labute approximate surface area is 149 Å². The number of ketones is 2. The van der Waals surface area contributed by atoms with E-state index in [1.165, 1.54) is 6.42 Å². The first-order valence-corrected chi connectivity index (χ1v) is 8.61. The predicted molar refractivity (Wildman–Crippen MR) is 87.4 cm³/mol. The molecule has 0 aromatic carbocycles. The lowest BCUT2D eigenvalue weighted by atomic mass is 9.76. The lowest BCUT2D eigenvalue weighted by Crippen LogP contribution is -2.41. The molecule has 26 heavy (non-hydrogen) atoms. The number of carbonyl (C=O) groups is 3. The summed E-state index contributed by atoms with van der Waals surface area (Å²) >= 11 is 0. The van der Waals surface area contributed by atoms with Gasteiger partial charge < -0.3 is 5.11 Å². The van der Waals surface area contributed by atoms with Gasteiger partial charge in [-0.1, -0.05) is 19.1 Å². The molecule has 8 heteroatoms. The van der Waals surface area contributed by atoms with Crippen molar-refractivity contribution < 1.29 is 32.7 Å². The largest absolute Gasteiger partial charge is 0.490 e. The molecule has 3 rings (SSSR count). The summed E-state index contributed by atoms with van der Waals surface area (Å²) in [6.45, 7) is 4.18. The van der Waals surface area contributed by atoms with Crippen LogP contribution in [0.1, 0.15) is 32.6 Å². The average molecular weight is 373 g/mol. The van der Waals surface area contributed by atoms with Crippen LogP contribution in [-0.2, 0) is 14.4 Å². The molecule has 0 aromatic rings. The van der Waals surface area contributed by atoms with Crippen molar-refractivity contribution in [2.24, 2.45) is 11.8 Å². The molecule has 2 aliphatic heterocycles. The van der Waals surface area contributed by atoms with Crippen LogP contribution < -0.4 is 0 Å². The van der Waals surface area contributed by atoms with E-state index in [0.29, 0.717) is 0 Å². The van der Waals surface area contributed by atoms with E-state index in [4.69, 9.17) is 9.90 Å². The lowest BCUT2D eigenvalue weighted by Gasteiger charge is -2.32. The number of hydrogen-bond donors (Lipinski definition) is 1. The monoisotopic (exact) mass is 373 g/mol. The van der Waals surface area contributed by atoms with Crippen LogP contribution >= 0.6 is 0 Å². The number of halogens is 3. The first kappa shape index (κ1) is 20.4. The third-order valence-electron chi connectivity index (χ3n) is 4.98. The van der Waals surface area contributed by atoms with E-state index >= 15 is 0 Å². The fraction of sp³-hybridized carbons (Fsp3) is 0.611. The zero-order valence-electron chi connectivity index (χ0n) is 14.5.